The molecule has 0 spiro atoms. The van der Waals surface area contributed by atoms with Crippen LogP contribution >= 0.6 is 0 Å². The summed E-state index contributed by atoms with van der Waals surface area (Å²) < 4.78 is 0. The molecule has 0 aliphatic carbocycles. The van der Waals surface area contributed by atoms with Crippen molar-refractivity contribution in [1.29, 1.82) is 0 Å². The van der Waals surface area contributed by atoms with Gasteiger partial charge in [0.2, 0.25) is 0 Å². The minimum atomic E-state index is 0. The average Bonchev–Trinajstić information content (AvgIpc) is 1.72. The predicted octanol–water partition coefficient (Wildman–Crippen LogP) is 2.27. The molecule has 0 unspecified atom stereocenters. The molecule has 45 valence electrons. The second-order valence-electron chi connectivity index (χ2n) is 1.73. The zero-order valence-corrected chi connectivity index (χ0v) is 6.88. The Kier molecular flexibility index (Phi) is 11.1. The summed E-state index contributed by atoms with van der Waals surface area (Å²) in [4.78, 5) is 0. The number of hydrogen-bond donors (Lipinski definition) is 0. The van der Waals surface area contributed by atoms with E-state index in [1.165, 1.54) is 0 Å². The molecule has 0 aromatic heterocycles. The van der Waals surface area contributed by atoms with Crippen molar-refractivity contribution in [2.75, 3.05) is 0 Å². The monoisotopic (exact) mass is 145 g/mol. The van der Waals surface area contributed by atoms with Crippen molar-refractivity contribution in [3.63, 3.8) is 0 Å². The minimum Gasteiger partial charge on any atom is -0.343 e. The summed E-state index contributed by atoms with van der Waals surface area (Å²) in [6, 6.07) is 0. The Balaban J connectivity index is 0. The smallest absolute Gasteiger partial charge is 0.343 e. The van der Waals surface area contributed by atoms with Gasteiger partial charge in [0.1, 0.15) is 0 Å². The van der Waals surface area contributed by atoms with Gasteiger partial charge in [0.05, 0.1) is 0 Å². The van der Waals surface area contributed by atoms with Crippen molar-refractivity contribution in [3.8, 4) is 0 Å². The van der Waals surface area contributed by atoms with E-state index in [0.717, 1.165) is 19.3 Å². The Bertz CT molecular complexity index is 25.9. The van der Waals surface area contributed by atoms with Crippen LogP contribution < -0.4 is 0 Å². The number of hydrogen-bond acceptors (Lipinski definition) is 0. The molecule has 0 nitrogen and oxygen atoms in total. The third-order valence-corrected chi connectivity index (χ3v) is 1.22. The summed E-state index contributed by atoms with van der Waals surface area (Å²) in [5, 5.41) is 0. The predicted molar refractivity (Wildman–Crippen MR) is 33.4 cm³/mol. The maximum Gasteiger partial charge on any atom is 3.00 e. The first-order valence-corrected chi connectivity index (χ1v) is 2.72. The van der Waals surface area contributed by atoms with Crippen LogP contribution in [0.5, 0.6) is 0 Å². The van der Waals surface area contributed by atoms with Crippen molar-refractivity contribution < 1.29 is 21.7 Å². The van der Waals surface area contributed by atoms with Crippen LogP contribution in [-0.4, -0.2) is 0 Å². The Morgan fingerprint density at radius 1 is 0.875 bits per heavy atom. The van der Waals surface area contributed by atoms with Crippen LogP contribution in [0, 0.1) is 26.7 Å². The van der Waals surface area contributed by atoms with Crippen LogP contribution in [0.4, 0.5) is 0 Å². The van der Waals surface area contributed by atoms with Gasteiger partial charge in [0.25, 0.3) is 0 Å². The first-order chi connectivity index (χ1) is 3.35. The van der Waals surface area contributed by atoms with Crippen molar-refractivity contribution in [3.05, 3.63) is 20.8 Å². The van der Waals surface area contributed by atoms with E-state index >= 15 is 0 Å². The van der Waals surface area contributed by atoms with Crippen molar-refractivity contribution in [2.45, 2.75) is 19.3 Å². The fourth-order valence-electron chi connectivity index (χ4n) is 0.433. The van der Waals surface area contributed by atoms with Crippen molar-refractivity contribution >= 4 is 0 Å². The van der Waals surface area contributed by atoms with Gasteiger partial charge in [-0.1, -0.05) is 0 Å². The molecular formula is C7H13Ti. The Labute approximate surface area is 67.9 Å². The van der Waals surface area contributed by atoms with Crippen LogP contribution in [0.1, 0.15) is 19.3 Å². The fraction of sp³-hybridized carbons (Fsp3) is 0.571. The van der Waals surface area contributed by atoms with Gasteiger partial charge in [-0.25, -0.2) is 0 Å². The van der Waals surface area contributed by atoms with E-state index in [1.54, 1.807) is 0 Å². The summed E-state index contributed by atoms with van der Waals surface area (Å²) in [6.07, 6.45) is 2.94. The molecule has 0 saturated heterocycles. The van der Waals surface area contributed by atoms with Crippen LogP contribution in [-0.2, 0) is 21.7 Å². The first-order valence-electron chi connectivity index (χ1n) is 2.72. The fourth-order valence-corrected chi connectivity index (χ4v) is 0.433. The van der Waals surface area contributed by atoms with Gasteiger partial charge in [0.15, 0.2) is 0 Å². The summed E-state index contributed by atoms with van der Waals surface area (Å²) in [5.41, 5.74) is 0. The molecule has 0 amide bonds. The molecule has 0 bridgehead atoms. The number of rotatable bonds is 3. The van der Waals surface area contributed by atoms with E-state index in [2.05, 4.69) is 20.8 Å². The second kappa shape index (κ2) is 7.71. The van der Waals surface area contributed by atoms with Gasteiger partial charge in [-0.2, -0.15) is 19.3 Å². The Morgan fingerprint density at radius 2 is 1.12 bits per heavy atom. The van der Waals surface area contributed by atoms with E-state index in [4.69, 9.17) is 0 Å². The molecule has 0 fully saturated rings. The van der Waals surface area contributed by atoms with E-state index < -0.39 is 0 Å². The third-order valence-electron chi connectivity index (χ3n) is 1.22. The molecule has 8 heavy (non-hydrogen) atoms. The molecule has 0 N–H and O–H groups in total. The molecule has 0 aromatic carbocycles. The summed E-state index contributed by atoms with van der Waals surface area (Å²) >= 11 is 0. The van der Waals surface area contributed by atoms with Crippen LogP contribution in [0.25, 0.3) is 0 Å². The SMILES string of the molecule is [CH2-]CC(C[CH2-])C[CH2-].[Ti+3]. The minimum absolute atomic E-state index is 0. The van der Waals surface area contributed by atoms with E-state index in [0.29, 0.717) is 5.92 Å². The van der Waals surface area contributed by atoms with E-state index in [1.807, 2.05) is 0 Å². The topological polar surface area (TPSA) is 0 Å². The molecule has 0 heterocycles. The zero-order valence-electron chi connectivity index (χ0n) is 5.32. The Morgan fingerprint density at radius 3 is 1.12 bits per heavy atom. The molecule has 0 aliphatic heterocycles. The van der Waals surface area contributed by atoms with Crippen LogP contribution in [0.15, 0.2) is 0 Å². The van der Waals surface area contributed by atoms with E-state index in [-0.39, 0.29) is 21.7 Å². The van der Waals surface area contributed by atoms with Gasteiger partial charge in [0, 0.05) is 0 Å². The van der Waals surface area contributed by atoms with Gasteiger partial charge in [-0.15, -0.1) is 5.92 Å². The molecule has 1 heteroatoms. The standard InChI is InChI=1S/C7H13.Ti/c1-4-7(5-2)6-3;/h7H,1-6H2;/q-3;+3. The molecule has 1 radical (unpaired) electrons. The van der Waals surface area contributed by atoms with Gasteiger partial charge >= 0.3 is 21.7 Å². The van der Waals surface area contributed by atoms with Gasteiger partial charge in [-0.3, -0.25) is 0 Å². The summed E-state index contributed by atoms with van der Waals surface area (Å²) in [5.74, 6) is 0.653. The van der Waals surface area contributed by atoms with Gasteiger partial charge in [-0.05, 0) is 0 Å². The first kappa shape index (κ1) is 11.5. The average molecular weight is 145 g/mol. The summed E-state index contributed by atoms with van der Waals surface area (Å²) in [7, 11) is 0. The van der Waals surface area contributed by atoms with Crippen molar-refractivity contribution in [2.24, 2.45) is 5.92 Å². The Hall–Kier alpha value is 0.714. The molecular weight excluding hydrogens is 132 g/mol. The molecule has 0 atom stereocenters. The summed E-state index contributed by atoms with van der Waals surface area (Å²) in [6.45, 7) is 11.2. The van der Waals surface area contributed by atoms with Crippen LogP contribution in [0.3, 0.4) is 0 Å². The maximum atomic E-state index is 3.75. The van der Waals surface area contributed by atoms with Gasteiger partial charge < -0.3 is 20.8 Å². The maximum absolute atomic E-state index is 3.75. The molecule has 0 aliphatic rings. The third kappa shape index (κ3) is 4.86. The normalized spacial score (nSPS) is 9.00. The molecule has 0 aromatic rings. The second-order valence-corrected chi connectivity index (χ2v) is 1.73. The van der Waals surface area contributed by atoms with Crippen molar-refractivity contribution in [1.82, 2.24) is 0 Å². The van der Waals surface area contributed by atoms with Crippen LogP contribution in [0.2, 0.25) is 0 Å². The largest absolute Gasteiger partial charge is 3.00 e. The van der Waals surface area contributed by atoms with E-state index in [9.17, 15) is 0 Å². The quantitative estimate of drug-likeness (QED) is 0.422. The molecule has 0 saturated carbocycles. The zero-order chi connectivity index (χ0) is 5.70. The molecule has 0 rings (SSSR count).